The zero-order valence-corrected chi connectivity index (χ0v) is 17.9. The molecule has 6 nitrogen and oxygen atoms in total. The minimum atomic E-state index is -1.24. The van der Waals surface area contributed by atoms with Gasteiger partial charge in [0, 0.05) is 34.8 Å². The van der Waals surface area contributed by atoms with E-state index in [0.29, 0.717) is 22.9 Å². The van der Waals surface area contributed by atoms with Crippen LogP contribution < -0.4 is 0 Å². The Hall–Kier alpha value is -1.83. The molecule has 1 aromatic carbocycles. The Morgan fingerprint density at radius 3 is 2.36 bits per heavy atom. The van der Waals surface area contributed by atoms with Gasteiger partial charge in [0.05, 0.1) is 10.7 Å². The van der Waals surface area contributed by atoms with Gasteiger partial charge in [-0.3, -0.25) is 4.90 Å². The van der Waals surface area contributed by atoms with E-state index in [-0.39, 0.29) is 18.9 Å². The van der Waals surface area contributed by atoms with E-state index in [1.807, 2.05) is 31.4 Å². The summed E-state index contributed by atoms with van der Waals surface area (Å²) in [5.74, 6) is -1.06. The molecule has 1 atom stereocenters. The van der Waals surface area contributed by atoms with E-state index in [1.54, 1.807) is 6.07 Å². The molecular formula is C19H22Cl2N2O4S. The average Bonchev–Trinajstić information content (AvgIpc) is 2.99. The predicted octanol–water partition coefficient (Wildman–Crippen LogP) is 5.06. The number of aliphatic carboxylic acids is 1. The number of carboxylic acids is 1. The maximum atomic E-state index is 11.6. The maximum Gasteiger partial charge on any atom is 0.408 e. The molecular weight excluding hydrogens is 423 g/mol. The molecule has 0 spiro atoms. The highest BCUT2D eigenvalue weighted by Crippen LogP contribution is 2.22. The lowest BCUT2D eigenvalue weighted by molar-refractivity contribution is -0.143. The van der Waals surface area contributed by atoms with Crippen molar-refractivity contribution < 1.29 is 19.8 Å². The molecule has 1 amide bonds. The molecule has 0 fully saturated rings. The van der Waals surface area contributed by atoms with Crippen LogP contribution in [0.1, 0.15) is 36.5 Å². The summed E-state index contributed by atoms with van der Waals surface area (Å²) in [6.07, 6.45) is -0.0571. The van der Waals surface area contributed by atoms with Crippen LogP contribution in [-0.4, -0.2) is 44.7 Å². The molecule has 0 aliphatic heterocycles. The second-order valence-corrected chi connectivity index (χ2v) is 8.71. The van der Waals surface area contributed by atoms with E-state index < -0.39 is 18.1 Å². The molecule has 0 bridgehead atoms. The summed E-state index contributed by atoms with van der Waals surface area (Å²) in [7, 11) is 0. The summed E-state index contributed by atoms with van der Waals surface area (Å²) < 4.78 is 0. The second kappa shape index (κ2) is 10.1. The molecule has 0 radical (unpaired) electrons. The topological polar surface area (TPSA) is 90.7 Å². The minimum Gasteiger partial charge on any atom is -0.480 e. The lowest BCUT2D eigenvalue weighted by Gasteiger charge is -2.27. The van der Waals surface area contributed by atoms with Crippen LogP contribution >= 0.6 is 34.5 Å². The molecule has 1 heterocycles. The van der Waals surface area contributed by atoms with Gasteiger partial charge in [0.1, 0.15) is 6.04 Å². The van der Waals surface area contributed by atoms with Gasteiger partial charge in [0.15, 0.2) is 0 Å². The summed E-state index contributed by atoms with van der Waals surface area (Å²) in [5, 5.41) is 22.6. The van der Waals surface area contributed by atoms with Crippen molar-refractivity contribution >= 4 is 46.6 Å². The van der Waals surface area contributed by atoms with Crippen molar-refractivity contribution in [2.24, 2.45) is 5.92 Å². The second-order valence-electron chi connectivity index (χ2n) is 6.90. The Balaban J connectivity index is 2.04. The van der Waals surface area contributed by atoms with Crippen LogP contribution in [0.4, 0.5) is 4.79 Å². The van der Waals surface area contributed by atoms with Gasteiger partial charge in [-0.1, -0.05) is 37.0 Å². The molecule has 1 aromatic heterocycles. The number of hydrogen-bond acceptors (Lipinski definition) is 4. The first-order valence-corrected chi connectivity index (χ1v) is 10.4. The van der Waals surface area contributed by atoms with Gasteiger partial charge in [0.2, 0.25) is 0 Å². The first kappa shape index (κ1) is 22.5. The fourth-order valence-electron chi connectivity index (χ4n) is 2.88. The monoisotopic (exact) mass is 444 g/mol. The Morgan fingerprint density at radius 2 is 1.82 bits per heavy atom. The molecule has 0 aliphatic carbocycles. The normalized spacial score (nSPS) is 12.2. The average molecular weight is 445 g/mol. The number of nitrogens with zero attached hydrogens (tertiary/aromatic N) is 2. The molecule has 152 valence electrons. The molecule has 1 unspecified atom stereocenters. The van der Waals surface area contributed by atoms with Crippen molar-refractivity contribution in [2.75, 3.05) is 6.54 Å². The van der Waals surface area contributed by atoms with Crippen molar-refractivity contribution in [1.29, 1.82) is 0 Å². The van der Waals surface area contributed by atoms with Gasteiger partial charge in [-0.15, -0.1) is 11.3 Å². The number of halogens is 2. The van der Waals surface area contributed by atoms with Crippen molar-refractivity contribution in [2.45, 2.75) is 39.2 Å². The zero-order valence-electron chi connectivity index (χ0n) is 15.6. The van der Waals surface area contributed by atoms with Crippen molar-refractivity contribution in [1.82, 2.24) is 9.88 Å². The number of benzene rings is 1. The van der Waals surface area contributed by atoms with Crippen molar-refractivity contribution in [3.05, 3.63) is 49.9 Å². The molecule has 0 saturated heterocycles. The number of thiazole rings is 1. The highest BCUT2D eigenvalue weighted by atomic mass is 35.5. The molecule has 0 aliphatic rings. The van der Waals surface area contributed by atoms with Crippen LogP contribution in [0.2, 0.25) is 10.0 Å². The molecule has 2 N–H and O–H groups in total. The van der Waals surface area contributed by atoms with Gasteiger partial charge in [-0.05, 0) is 36.1 Å². The van der Waals surface area contributed by atoms with Crippen LogP contribution in [0.5, 0.6) is 0 Å². The number of amides is 1. The smallest absolute Gasteiger partial charge is 0.408 e. The quantitative estimate of drug-likeness (QED) is 0.563. The summed E-state index contributed by atoms with van der Waals surface area (Å²) in [6.45, 7) is 3.81. The fraction of sp³-hybridized carbons (Fsp3) is 0.421. The maximum absolute atomic E-state index is 11.6. The van der Waals surface area contributed by atoms with E-state index in [1.165, 1.54) is 11.3 Å². The van der Waals surface area contributed by atoms with Gasteiger partial charge in [-0.2, -0.15) is 0 Å². The van der Waals surface area contributed by atoms with E-state index in [2.05, 4.69) is 4.98 Å². The van der Waals surface area contributed by atoms with E-state index >= 15 is 0 Å². The van der Waals surface area contributed by atoms with Crippen LogP contribution in [0.15, 0.2) is 23.6 Å². The van der Waals surface area contributed by atoms with E-state index in [0.717, 1.165) is 21.2 Å². The summed E-state index contributed by atoms with van der Waals surface area (Å²) in [4.78, 5) is 28.6. The number of hydrogen-bond donors (Lipinski definition) is 2. The standard InChI is InChI=1S/C19H22Cl2N2O4S/c1-11(2)5-16(18(24)25)23(19(26)27)4-3-17-22-15(10-28-17)8-12-6-13(20)9-14(21)7-12/h6-7,9-11,16H,3-5,8H2,1-2H3,(H,24,25)(H,26,27). The van der Waals surface area contributed by atoms with Gasteiger partial charge in [-0.25, -0.2) is 14.6 Å². The van der Waals surface area contributed by atoms with Gasteiger partial charge in [0.25, 0.3) is 0 Å². The zero-order chi connectivity index (χ0) is 20.8. The Labute approximate surface area is 177 Å². The SMILES string of the molecule is CC(C)CC(C(=O)O)N(CCc1nc(Cc2cc(Cl)cc(Cl)c2)cs1)C(=O)O. The first-order chi connectivity index (χ1) is 13.2. The highest BCUT2D eigenvalue weighted by Gasteiger charge is 2.30. The molecule has 28 heavy (non-hydrogen) atoms. The molecule has 2 aromatic rings. The largest absolute Gasteiger partial charge is 0.480 e. The third-order valence-corrected chi connectivity index (χ3v) is 5.47. The summed E-state index contributed by atoms with van der Waals surface area (Å²) in [5.41, 5.74) is 1.77. The lowest BCUT2D eigenvalue weighted by Crippen LogP contribution is -2.46. The Bertz CT molecular complexity index is 821. The third kappa shape index (κ3) is 6.65. The molecule has 2 rings (SSSR count). The number of carboxylic acid groups (broad SMARTS) is 2. The molecule has 0 saturated carbocycles. The fourth-order valence-corrected chi connectivity index (χ4v) is 4.23. The summed E-state index contributed by atoms with van der Waals surface area (Å²) in [6, 6.07) is 4.24. The van der Waals surface area contributed by atoms with Crippen LogP contribution in [-0.2, 0) is 17.6 Å². The number of carbonyl (C=O) groups is 2. The summed E-state index contributed by atoms with van der Waals surface area (Å²) >= 11 is 13.5. The minimum absolute atomic E-state index is 0.0685. The van der Waals surface area contributed by atoms with E-state index in [4.69, 9.17) is 23.2 Å². The van der Waals surface area contributed by atoms with Crippen molar-refractivity contribution in [3.63, 3.8) is 0 Å². The number of aromatic nitrogens is 1. The van der Waals surface area contributed by atoms with Crippen LogP contribution in [0.25, 0.3) is 0 Å². The first-order valence-electron chi connectivity index (χ1n) is 8.76. The Morgan fingerprint density at radius 1 is 1.18 bits per heavy atom. The van der Waals surface area contributed by atoms with Gasteiger partial charge >= 0.3 is 12.1 Å². The lowest BCUT2D eigenvalue weighted by atomic mass is 10.0. The number of rotatable bonds is 9. The van der Waals surface area contributed by atoms with E-state index in [9.17, 15) is 19.8 Å². The predicted molar refractivity (Wildman–Crippen MR) is 111 cm³/mol. The van der Waals surface area contributed by atoms with Gasteiger partial charge < -0.3 is 10.2 Å². The Kier molecular flexibility index (Phi) is 8.10. The van der Waals surface area contributed by atoms with Crippen LogP contribution in [0, 0.1) is 5.92 Å². The third-order valence-electron chi connectivity index (χ3n) is 4.08. The van der Waals surface area contributed by atoms with Crippen LogP contribution in [0.3, 0.4) is 0 Å². The van der Waals surface area contributed by atoms with Crippen molar-refractivity contribution in [3.8, 4) is 0 Å². The highest BCUT2D eigenvalue weighted by molar-refractivity contribution is 7.09. The molecule has 9 heteroatoms.